The molecule has 1 aliphatic heterocycles. The summed E-state index contributed by atoms with van der Waals surface area (Å²) >= 11 is 0. The van der Waals surface area contributed by atoms with Gasteiger partial charge in [-0.3, -0.25) is 4.90 Å². The molecule has 0 spiro atoms. The van der Waals surface area contributed by atoms with Gasteiger partial charge in [0.1, 0.15) is 0 Å². The van der Waals surface area contributed by atoms with Crippen LogP contribution in [0.15, 0.2) is 0 Å². The Labute approximate surface area is 93.0 Å². The van der Waals surface area contributed by atoms with Gasteiger partial charge in [0.05, 0.1) is 11.6 Å². The third-order valence-electron chi connectivity index (χ3n) is 4.04. The summed E-state index contributed by atoms with van der Waals surface area (Å²) in [6, 6.07) is 0.789. The molecule has 1 aliphatic carbocycles. The lowest BCUT2D eigenvalue weighted by atomic mass is 9.89. The molecule has 88 valence electrons. The Morgan fingerprint density at radius 1 is 1.47 bits per heavy atom. The molecule has 3 heteroatoms. The average molecular weight is 212 g/mol. The van der Waals surface area contributed by atoms with Crippen molar-refractivity contribution in [1.29, 1.82) is 0 Å². The number of nitrogens with zero attached hydrogens (tertiary/aromatic N) is 1. The van der Waals surface area contributed by atoms with Crippen molar-refractivity contribution >= 4 is 0 Å². The van der Waals surface area contributed by atoms with Crippen LogP contribution in [-0.2, 0) is 4.74 Å². The van der Waals surface area contributed by atoms with Crippen molar-refractivity contribution in [3.63, 3.8) is 0 Å². The molecule has 0 amide bonds. The molecule has 1 saturated carbocycles. The van der Waals surface area contributed by atoms with Gasteiger partial charge in [-0.15, -0.1) is 0 Å². The molecule has 2 atom stereocenters. The predicted molar refractivity (Wildman–Crippen MR) is 61.8 cm³/mol. The van der Waals surface area contributed by atoms with Gasteiger partial charge >= 0.3 is 0 Å². The summed E-state index contributed by atoms with van der Waals surface area (Å²) in [5, 5.41) is 0. The highest BCUT2D eigenvalue weighted by atomic mass is 16.5. The Bertz CT molecular complexity index is 218. The molecule has 2 fully saturated rings. The number of ether oxygens (including phenoxy) is 1. The van der Waals surface area contributed by atoms with Crippen LogP contribution in [0.25, 0.3) is 0 Å². The van der Waals surface area contributed by atoms with Crippen molar-refractivity contribution in [2.75, 3.05) is 19.7 Å². The quantitative estimate of drug-likeness (QED) is 0.748. The third kappa shape index (κ3) is 1.93. The van der Waals surface area contributed by atoms with E-state index >= 15 is 0 Å². The standard InChI is InChI=1S/C12H24N2O/c1-3-7-14(11-4-5-11)12(9-13)6-8-15-10(12)2/h10-11H,3-9,13H2,1-2H3. The van der Waals surface area contributed by atoms with Crippen molar-refractivity contribution in [3.05, 3.63) is 0 Å². The molecular weight excluding hydrogens is 188 g/mol. The van der Waals surface area contributed by atoms with E-state index in [-0.39, 0.29) is 5.54 Å². The van der Waals surface area contributed by atoms with Crippen LogP contribution in [0.1, 0.15) is 39.5 Å². The summed E-state index contributed by atoms with van der Waals surface area (Å²) in [5.41, 5.74) is 6.17. The normalized spacial score (nSPS) is 36.4. The number of hydrogen-bond acceptors (Lipinski definition) is 3. The molecule has 2 aliphatic rings. The van der Waals surface area contributed by atoms with Gasteiger partial charge in [0.2, 0.25) is 0 Å². The lowest BCUT2D eigenvalue weighted by Gasteiger charge is -2.43. The molecule has 2 N–H and O–H groups in total. The molecule has 3 nitrogen and oxygen atoms in total. The van der Waals surface area contributed by atoms with Gasteiger partial charge in [-0.2, -0.15) is 0 Å². The third-order valence-corrected chi connectivity index (χ3v) is 4.04. The van der Waals surface area contributed by atoms with Gasteiger partial charge < -0.3 is 10.5 Å². The topological polar surface area (TPSA) is 38.5 Å². The average Bonchev–Trinajstić information content (AvgIpc) is 3.00. The van der Waals surface area contributed by atoms with Crippen LogP contribution < -0.4 is 5.73 Å². The lowest BCUT2D eigenvalue weighted by molar-refractivity contribution is 0.00925. The second kappa shape index (κ2) is 4.40. The van der Waals surface area contributed by atoms with Gasteiger partial charge in [-0.25, -0.2) is 0 Å². The molecule has 0 aromatic carbocycles. The van der Waals surface area contributed by atoms with Gasteiger partial charge in [-0.1, -0.05) is 6.92 Å². The van der Waals surface area contributed by atoms with Crippen LogP contribution in [0.5, 0.6) is 0 Å². The van der Waals surface area contributed by atoms with Gasteiger partial charge in [0.15, 0.2) is 0 Å². The number of rotatable bonds is 5. The van der Waals surface area contributed by atoms with Crippen molar-refractivity contribution in [1.82, 2.24) is 4.90 Å². The first-order valence-electron chi connectivity index (χ1n) is 6.33. The maximum atomic E-state index is 6.03. The highest BCUT2D eigenvalue weighted by molar-refractivity contribution is 5.05. The lowest BCUT2D eigenvalue weighted by Crippen LogP contribution is -2.59. The summed E-state index contributed by atoms with van der Waals surface area (Å²) < 4.78 is 5.74. The van der Waals surface area contributed by atoms with Gasteiger partial charge in [-0.05, 0) is 39.2 Å². The minimum atomic E-state index is 0.136. The van der Waals surface area contributed by atoms with Crippen LogP contribution in [0, 0.1) is 0 Å². The Kier molecular flexibility index (Phi) is 3.33. The van der Waals surface area contributed by atoms with Crippen LogP contribution in [0.3, 0.4) is 0 Å². The molecule has 2 unspecified atom stereocenters. The molecule has 1 heterocycles. The van der Waals surface area contributed by atoms with E-state index in [1.54, 1.807) is 0 Å². The monoisotopic (exact) mass is 212 g/mol. The maximum absolute atomic E-state index is 6.03. The Morgan fingerprint density at radius 2 is 2.20 bits per heavy atom. The molecule has 0 aromatic rings. The first-order chi connectivity index (χ1) is 7.24. The fraction of sp³-hybridized carbons (Fsp3) is 1.00. The SMILES string of the molecule is CCCN(C1CC1)C1(CN)CCOC1C. The van der Waals surface area contributed by atoms with Crippen molar-refractivity contribution in [2.24, 2.45) is 5.73 Å². The first kappa shape index (κ1) is 11.4. The maximum Gasteiger partial charge on any atom is 0.0743 e. The van der Waals surface area contributed by atoms with Crippen molar-refractivity contribution in [2.45, 2.75) is 57.2 Å². The Balaban J connectivity index is 2.13. The van der Waals surface area contributed by atoms with Gasteiger partial charge in [0.25, 0.3) is 0 Å². The summed E-state index contributed by atoms with van der Waals surface area (Å²) in [6.45, 7) is 7.23. The predicted octanol–water partition coefficient (Wildman–Crippen LogP) is 1.37. The van der Waals surface area contributed by atoms with E-state index in [2.05, 4.69) is 18.7 Å². The second-order valence-corrected chi connectivity index (χ2v) is 5.00. The number of nitrogens with two attached hydrogens (primary N) is 1. The van der Waals surface area contributed by atoms with E-state index in [1.807, 2.05) is 0 Å². The highest BCUT2D eigenvalue weighted by Crippen LogP contribution is 2.39. The zero-order chi connectivity index (χ0) is 10.9. The molecule has 2 rings (SSSR count). The van der Waals surface area contributed by atoms with Crippen LogP contribution >= 0.6 is 0 Å². The molecule has 0 radical (unpaired) electrons. The molecule has 1 saturated heterocycles. The Morgan fingerprint density at radius 3 is 2.60 bits per heavy atom. The summed E-state index contributed by atoms with van der Waals surface area (Å²) in [7, 11) is 0. The van der Waals surface area contributed by atoms with E-state index in [4.69, 9.17) is 10.5 Å². The Hall–Kier alpha value is -0.120. The van der Waals surface area contributed by atoms with Crippen LogP contribution in [-0.4, -0.2) is 42.3 Å². The van der Waals surface area contributed by atoms with E-state index in [1.165, 1.54) is 25.8 Å². The van der Waals surface area contributed by atoms with Gasteiger partial charge in [0, 0.05) is 19.2 Å². The minimum Gasteiger partial charge on any atom is -0.376 e. The molecule has 15 heavy (non-hydrogen) atoms. The zero-order valence-corrected chi connectivity index (χ0v) is 10.0. The zero-order valence-electron chi connectivity index (χ0n) is 10.0. The molecule has 0 aromatic heterocycles. The first-order valence-corrected chi connectivity index (χ1v) is 6.33. The summed E-state index contributed by atoms with van der Waals surface area (Å²) in [4.78, 5) is 2.64. The van der Waals surface area contributed by atoms with E-state index < -0.39 is 0 Å². The van der Waals surface area contributed by atoms with Crippen LogP contribution in [0.4, 0.5) is 0 Å². The van der Waals surface area contributed by atoms with E-state index in [9.17, 15) is 0 Å². The summed E-state index contributed by atoms with van der Waals surface area (Å²) in [5.74, 6) is 0. The van der Waals surface area contributed by atoms with Crippen LogP contribution in [0.2, 0.25) is 0 Å². The molecular formula is C12H24N2O. The molecule has 0 bridgehead atoms. The minimum absolute atomic E-state index is 0.136. The van der Waals surface area contributed by atoms with E-state index in [0.717, 1.165) is 25.6 Å². The fourth-order valence-corrected chi connectivity index (χ4v) is 2.93. The smallest absolute Gasteiger partial charge is 0.0743 e. The highest BCUT2D eigenvalue weighted by Gasteiger charge is 2.49. The van der Waals surface area contributed by atoms with E-state index in [0.29, 0.717) is 6.10 Å². The fourth-order valence-electron chi connectivity index (χ4n) is 2.93. The second-order valence-electron chi connectivity index (χ2n) is 5.00. The largest absolute Gasteiger partial charge is 0.376 e. The van der Waals surface area contributed by atoms with Crippen molar-refractivity contribution < 1.29 is 4.74 Å². The number of hydrogen-bond donors (Lipinski definition) is 1. The summed E-state index contributed by atoms with van der Waals surface area (Å²) in [6.07, 6.45) is 5.34. The van der Waals surface area contributed by atoms with Crippen molar-refractivity contribution in [3.8, 4) is 0 Å².